The van der Waals surface area contributed by atoms with Crippen LogP contribution in [0.1, 0.15) is 105 Å². The molecule has 1 aliphatic carbocycles. The molecule has 2 aromatic carbocycles. The van der Waals surface area contributed by atoms with Crippen LogP contribution in [-0.2, 0) is 31.3 Å². The topological polar surface area (TPSA) is 107 Å². The summed E-state index contributed by atoms with van der Waals surface area (Å²) in [5.41, 5.74) is 5.51. The molecule has 0 bridgehead atoms. The number of ether oxygens (including phenoxy) is 2. The predicted octanol–water partition coefficient (Wildman–Crippen LogP) is 7.25. The zero-order valence-corrected chi connectivity index (χ0v) is 24.7. The van der Waals surface area contributed by atoms with Crippen molar-refractivity contribution < 1.29 is 33.8 Å². The van der Waals surface area contributed by atoms with Gasteiger partial charge < -0.3 is 14.6 Å². The minimum Gasteiger partial charge on any atom is -0.507 e. The van der Waals surface area contributed by atoms with Crippen molar-refractivity contribution in [2.24, 2.45) is 5.92 Å². The first-order chi connectivity index (χ1) is 19.5. The van der Waals surface area contributed by atoms with E-state index in [1.54, 1.807) is 6.07 Å². The molecule has 218 valence electrons. The van der Waals surface area contributed by atoms with Gasteiger partial charge in [0, 0.05) is 17.0 Å². The van der Waals surface area contributed by atoms with E-state index in [9.17, 15) is 14.7 Å². The monoisotopic (exact) mass is 560 g/mol. The summed E-state index contributed by atoms with van der Waals surface area (Å²) in [5, 5.41) is 11.5. The summed E-state index contributed by atoms with van der Waals surface area (Å²) in [5.74, 6) is -1.99. The molecular formula is C34H40O7. The maximum absolute atomic E-state index is 13.9. The number of phenolic OH excluding ortho intramolecular Hbond substituents is 1. The lowest BCUT2D eigenvalue weighted by Crippen LogP contribution is -2.44. The molecule has 3 unspecified atom stereocenters. The summed E-state index contributed by atoms with van der Waals surface area (Å²) < 4.78 is 12.8. The summed E-state index contributed by atoms with van der Waals surface area (Å²) in [7, 11) is 0. The van der Waals surface area contributed by atoms with Crippen LogP contribution in [0.4, 0.5) is 0 Å². The number of rotatable bonds is 9. The maximum atomic E-state index is 13.9. The molecule has 41 heavy (non-hydrogen) atoms. The average Bonchev–Trinajstić information content (AvgIpc) is 2.88. The molecule has 7 heteroatoms. The highest BCUT2D eigenvalue weighted by Gasteiger charge is 2.48. The number of hydrogen-bond acceptors (Lipinski definition) is 7. The number of Topliss-reactive ketones (excluding diaryl/α,β-unsaturated/α-hetero) is 1. The highest BCUT2D eigenvalue weighted by molar-refractivity contribution is 5.97. The Morgan fingerprint density at radius 1 is 1.12 bits per heavy atom. The number of fused-ring (bicyclic) bond motifs is 1. The number of esters is 1. The van der Waals surface area contributed by atoms with Crippen molar-refractivity contribution in [3.63, 3.8) is 0 Å². The van der Waals surface area contributed by atoms with Crippen LogP contribution in [0.2, 0.25) is 0 Å². The van der Waals surface area contributed by atoms with E-state index in [1.165, 1.54) is 12.5 Å². The van der Waals surface area contributed by atoms with Crippen molar-refractivity contribution in [2.45, 2.75) is 91.3 Å². The molecule has 0 radical (unpaired) electrons. The van der Waals surface area contributed by atoms with E-state index in [4.69, 9.17) is 19.1 Å². The summed E-state index contributed by atoms with van der Waals surface area (Å²) in [6.07, 6.45) is 7.67. The third-order valence-corrected chi connectivity index (χ3v) is 7.84. The molecule has 0 spiro atoms. The van der Waals surface area contributed by atoms with E-state index in [-0.39, 0.29) is 35.9 Å². The fourth-order valence-electron chi connectivity index (χ4n) is 5.85. The Kier molecular flexibility index (Phi) is 10.5. The van der Waals surface area contributed by atoms with E-state index in [0.717, 1.165) is 43.2 Å². The van der Waals surface area contributed by atoms with Crippen molar-refractivity contribution >= 4 is 17.9 Å². The van der Waals surface area contributed by atoms with Gasteiger partial charge in [-0.2, -0.15) is 9.59 Å². The smallest absolute Gasteiger partial charge is 0.373 e. The largest absolute Gasteiger partial charge is 0.507 e. The van der Waals surface area contributed by atoms with Crippen molar-refractivity contribution in [3.8, 4) is 11.5 Å². The number of allylic oxidation sites excluding steroid dienone is 3. The Labute approximate surface area is 242 Å². The molecule has 7 nitrogen and oxygen atoms in total. The van der Waals surface area contributed by atoms with Gasteiger partial charge in [-0.25, -0.2) is 4.79 Å². The van der Waals surface area contributed by atoms with Gasteiger partial charge in [0.25, 0.3) is 5.79 Å². The number of aromatic hydroxyl groups is 1. The maximum Gasteiger partial charge on any atom is 0.373 e. The van der Waals surface area contributed by atoms with Crippen LogP contribution in [0.25, 0.3) is 0 Å². The lowest BCUT2D eigenvalue weighted by Gasteiger charge is -2.41. The molecule has 2 aromatic rings. The van der Waals surface area contributed by atoms with Crippen LogP contribution in [0, 0.1) is 12.8 Å². The molecule has 0 amide bonds. The van der Waals surface area contributed by atoms with Crippen molar-refractivity contribution in [1.82, 2.24) is 0 Å². The van der Waals surface area contributed by atoms with Gasteiger partial charge in [-0.15, -0.1) is 0 Å². The lowest BCUT2D eigenvalue weighted by molar-refractivity contribution is -0.191. The molecule has 3 atom stereocenters. The van der Waals surface area contributed by atoms with Gasteiger partial charge in [-0.1, -0.05) is 73.4 Å². The van der Waals surface area contributed by atoms with E-state index >= 15 is 0 Å². The zero-order valence-electron chi connectivity index (χ0n) is 24.7. The van der Waals surface area contributed by atoms with Crippen molar-refractivity contribution in [3.05, 3.63) is 82.0 Å². The Morgan fingerprint density at radius 3 is 2.37 bits per heavy atom. The van der Waals surface area contributed by atoms with Crippen LogP contribution in [-0.4, -0.2) is 23.0 Å². The predicted molar refractivity (Wildman–Crippen MR) is 155 cm³/mol. The number of cyclic esters (lactones) is 1. The quantitative estimate of drug-likeness (QED) is 0.196. The van der Waals surface area contributed by atoms with E-state index < -0.39 is 11.8 Å². The van der Waals surface area contributed by atoms with Gasteiger partial charge in [0.2, 0.25) is 0 Å². The molecule has 0 aromatic heterocycles. The number of hydrogen-bond donors (Lipinski definition) is 1. The van der Waals surface area contributed by atoms with Crippen LogP contribution in [0.5, 0.6) is 11.5 Å². The molecule has 0 fully saturated rings. The van der Waals surface area contributed by atoms with Gasteiger partial charge in [-0.3, -0.25) is 4.79 Å². The molecule has 1 heterocycles. The number of carbonyl (C=O) groups excluding carboxylic acids is 4. The first-order valence-corrected chi connectivity index (χ1v) is 14.2. The first kappa shape index (κ1) is 31.6. The van der Waals surface area contributed by atoms with Gasteiger partial charge >= 0.3 is 12.1 Å². The highest BCUT2D eigenvalue weighted by Crippen LogP contribution is 2.52. The number of unbranched alkanes of at least 4 members (excludes halogenated alkanes) is 2. The molecule has 2 aliphatic rings. The zero-order chi connectivity index (χ0) is 30.3. The van der Waals surface area contributed by atoms with E-state index in [1.807, 2.05) is 38.1 Å². The Bertz CT molecular complexity index is 1360. The molecular weight excluding hydrogens is 520 g/mol. The van der Waals surface area contributed by atoms with Crippen LogP contribution in [0.3, 0.4) is 0 Å². The normalized spacial score (nSPS) is 21.2. The lowest BCUT2D eigenvalue weighted by atomic mass is 9.73. The second-order valence-electron chi connectivity index (χ2n) is 11.2. The van der Waals surface area contributed by atoms with Crippen molar-refractivity contribution in [2.75, 3.05) is 0 Å². The second-order valence-corrected chi connectivity index (χ2v) is 11.2. The minimum atomic E-state index is -1.61. The standard InChI is InChI=1S/C33H40O5.CO2/c1-7-8-9-10-24-18-28(35)30(27-17-22(5)13-16-26(27)20(2)3)31-29(24)32(36)38-33(37-31,19-23(6)34)25-14-11-21(4)12-15-25;2-1-3/h11-12,14-15,17-18,26-27,35H,2,7-10,13,16,19H2,1,3-6H3;. The Hall–Kier alpha value is -3.96. The average molecular weight is 561 g/mol. The fourth-order valence-corrected chi connectivity index (χ4v) is 5.85. The third kappa shape index (κ3) is 7.04. The molecule has 1 aliphatic heterocycles. The molecule has 0 saturated carbocycles. The molecule has 4 rings (SSSR count). The van der Waals surface area contributed by atoms with Crippen molar-refractivity contribution in [1.29, 1.82) is 0 Å². The third-order valence-electron chi connectivity index (χ3n) is 7.84. The van der Waals surface area contributed by atoms with E-state index in [2.05, 4.69) is 26.5 Å². The highest BCUT2D eigenvalue weighted by atomic mass is 16.7. The number of aryl methyl sites for hydroxylation is 2. The summed E-state index contributed by atoms with van der Waals surface area (Å²) in [6.45, 7) is 13.9. The van der Waals surface area contributed by atoms with Gasteiger partial charge in [0.15, 0.2) is 0 Å². The summed E-state index contributed by atoms with van der Waals surface area (Å²) >= 11 is 0. The van der Waals surface area contributed by atoms with Gasteiger partial charge in [-0.05, 0) is 70.9 Å². The van der Waals surface area contributed by atoms with Crippen LogP contribution < -0.4 is 4.74 Å². The number of phenols is 1. The van der Waals surface area contributed by atoms with Gasteiger partial charge in [0.05, 0.1) is 6.42 Å². The molecule has 0 saturated heterocycles. The SMILES string of the molecule is C=C(C)C1CCC(C)=CC1c1c(O)cc(CCCCC)c2c1OC(CC(C)=O)(c1ccc(C)cc1)OC2=O.O=C=O. The first-order valence-electron chi connectivity index (χ1n) is 14.2. The minimum absolute atomic E-state index is 0.0859. The number of ketones is 1. The second kappa shape index (κ2) is 13.6. The summed E-state index contributed by atoms with van der Waals surface area (Å²) in [6, 6.07) is 9.21. The Morgan fingerprint density at radius 2 is 1.78 bits per heavy atom. The van der Waals surface area contributed by atoms with Crippen LogP contribution in [0.15, 0.2) is 54.1 Å². The Balaban J connectivity index is 0.00000147. The number of carbonyl (C=O) groups is 2. The summed E-state index contributed by atoms with van der Waals surface area (Å²) in [4.78, 5) is 42.6. The number of benzene rings is 2. The van der Waals surface area contributed by atoms with Crippen LogP contribution >= 0.6 is 0 Å². The van der Waals surface area contributed by atoms with Gasteiger partial charge in [0.1, 0.15) is 22.8 Å². The fraction of sp³-hybridized carbons (Fsp3) is 0.441. The van der Waals surface area contributed by atoms with E-state index in [0.29, 0.717) is 34.4 Å². The molecule has 1 N–H and O–H groups in total.